The number of aliphatic hydroxyl groups is 5. The SMILES string of the molecule is C=CCC(O)C/C(=N/OS(=O)(=O)[O-])S[C@@H]1O[C@H](CO)[C@@H](O)[C@H](O)[C@H]1O. The second-order valence-corrected chi connectivity index (χ2v) is 7.30. The summed E-state index contributed by atoms with van der Waals surface area (Å²) in [6.07, 6.45) is -5.79. The van der Waals surface area contributed by atoms with Crippen molar-refractivity contribution in [3.05, 3.63) is 12.7 Å². The van der Waals surface area contributed by atoms with Crippen molar-refractivity contribution in [1.82, 2.24) is 0 Å². The summed E-state index contributed by atoms with van der Waals surface area (Å²) in [5.41, 5.74) is -1.27. The number of oxime groups is 1. The summed E-state index contributed by atoms with van der Waals surface area (Å²) in [4.78, 5) is 0. The molecule has 1 rings (SSSR count). The van der Waals surface area contributed by atoms with Crippen LogP contribution in [-0.2, 0) is 19.4 Å². The van der Waals surface area contributed by atoms with Gasteiger partial charge in [0.25, 0.3) is 10.4 Å². The summed E-state index contributed by atoms with van der Waals surface area (Å²) in [6.45, 7) is 2.77. The van der Waals surface area contributed by atoms with Gasteiger partial charge in [-0.1, -0.05) is 23.0 Å². The summed E-state index contributed by atoms with van der Waals surface area (Å²) in [6, 6.07) is 0. The molecular formula is C12H20NO10S2-. The quantitative estimate of drug-likeness (QED) is 0.0729. The second kappa shape index (κ2) is 9.80. The first-order valence-corrected chi connectivity index (χ1v) is 9.27. The van der Waals surface area contributed by atoms with E-state index < -0.39 is 53.0 Å². The van der Waals surface area contributed by atoms with E-state index in [0.29, 0.717) is 11.8 Å². The monoisotopic (exact) mass is 402 g/mol. The lowest BCUT2D eigenvalue weighted by atomic mass is 10.0. The minimum atomic E-state index is -5.14. The van der Waals surface area contributed by atoms with E-state index in [4.69, 9.17) is 9.84 Å². The first-order valence-electron chi connectivity index (χ1n) is 7.06. The Balaban J connectivity index is 2.92. The molecule has 0 amide bonds. The van der Waals surface area contributed by atoms with Gasteiger partial charge in [0, 0.05) is 6.42 Å². The molecule has 6 atom stereocenters. The Kier molecular flexibility index (Phi) is 8.73. The van der Waals surface area contributed by atoms with Crippen molar-refractivity contribution in [1.29, 1.82) is 0 Å². The van der Waals surface area contributed by atoms with E-state index in [1.807, 2.05) is 0 Å². The molecule has 0 saturated carbocycles. The predicted molar refractivity (Wildman–Crippen MR) is 85.0 cm³/mol. The fourth-order valence-electron chi connectivity index (χ4n) is 1.97. The molecule has 0 radical (unpaired) electrons. The van der Waals surface area contributed by atoms with Crippen LogP contribution in [0.2, 0.25) is 0 Å². The maximum absolute atomic E-state index is 10.5. The van der Waals surface area contributed by atoms with Gasteiger partial charge in [0.1, 0.15) is 34.9 Å². The molecule has 1 heterocycles. The first-order chi connectivity index (χ1) is 11.6. The molecule has 1 aliphatic heterocycles. The van der Waals surface area contributed by atoms with E-state index in [9.17, 15) is 33.4 Å². The Labute approximate surface area is 148 Å². The molecule has 0 aliphatic carbocycles. The Hall–Kier alpha value is -0.770. The Morgan fingerprint density at radius 2 is 2.00 bits per heavy atom. The average molecular weight is 402 g/mol. The van der Waals surface area contributed by atoms with Crippen molar-refractivity contribution >= 4 is 27.2 Å². The van der Waals surface area contributed by atoms with Crippen LogP contribution >= 0.6 is 11.8 Å². The van der Waals surface area contributed by atoms with Crippen LogP contribution in [0.15, 0.2) is 17.8 Å². The lowest BCUT2D eigenvalue weighted by Gasteiger charge is -2.39. The van der Waals surface area contributed by atoms with E-state index in [1.165, 1.54) is 6.08 Å². The summed E-state index contributed by atoms with van der Waals surface area (Å²) >= 11 is 0.566. The zero-order valence-corrected chi connectivity index (χ0v) is 14.5. The van der Waals surface area contributed by atoms with Gasteiger partial charge in [-0.15, -0.1) is 6.58 Å². The Morgan fingerprint density at radius 3 is 2.52 bits per heavy atom. The van der Waals surface area contributed by atoms with Crippen molar-refractivity contribution in [2.45, 2.75) is 48.8 Å². The number of rotatable bonds is 8. The highest BCUT2D eigenvalue weighted by molar-refractivity contribution is 8.14. The first kappa shape index (κ1) is 22.3. The topological polar surface area (TPSA) is 189 Å². The van der Waals surface area contributed by atoms with Crippen LogP contribution in [0.1, 0.15) is 12.8 Å². The fraction of sp³-hybridized carbons (Fsp3) is 0.750. The molecule has 13 heteroatoms. The summed E-state index contributed by atoms with van der Waals surface area (Å²) in [5.74, 6) is 0. The molecule has 11 nitrogen and oxygen atoms in total. The second-order valence-electron chi connectivity index (χ2n) is 5.17. The maximum Gasteiger partial charge on any atom is 0.284 e. The minimum Gasteiger partial charge on any atom is -0.714 e. The third kappa shape index (κ3) is 7.16. The Bertz CT molecular complexity index is 566. The highest BCUT2D eigenvalue weighted by atomic mass is 32.3. The molecule has 146 valence electrons. The smallest absolute Gasteiger partial charge is 0.284 e. The van der Waals surface area contributed by atoms with Gasteiger partial charge in [0.2, 0.25) is 0 Å². The highest BCUT2D eigenvalue weighted by Gasteiger charge is 2.44. The maximum atomic E-state index is 10.5. The van der Waals surface area contributed by atoms with Crippen LogP contribution in [0, 0.1) is 0 Å². The Morgan fingerprint density at radius 1 is 1.36 bits per heavy atom. The zero-order chi connectivity index (χ0) is 19.2. The van der Waals surface area contributed by atoms with Gasteiger partial charge in [-0.05, 0) is 6.42 Å². The van der Waals surface area contributed by atoms with Crippen molar-refractivity contribution in [2.75, 3.05) is 6.61 Å². The molecule has 0 aromatic carbocycles. The minimum absolute atomic E-state index is 0.123. The lowest BCUT2D eigenvalue weighted by Crippen LogP contribution is -2.57. The molecule has 5 N–H and O–H groups in total. The van der Waals surface area contributed by atoms with Crippen LogP contribution < -0.4 is 0 Å². The van der Waals surface area contributed by atoms with Crippen LogP contribution in [0.5, 0.6) is 0 Å². The van der Waals surface area contributed by atoms with Gasteiger partial charge in [-0.2, -0.15) is 8.42 Å². The third-order valence-electron chi connectivity index (χ3n) is 3.18. The summed E-state index contributed by atoms with van der Waals surface area (Å²) in [5, 5.41) is 51.2. The predicted octanol–water partition coefficient (Wildman–Crippen LogP) is -2.36. The molecule has 1 unspecified atom stereocenters. The van der Waals surface area contributed by atoms with Gasteiger partial charge >= 0.3 is 0 Å². The zero-order valence-electron chi connectivity index (χ0n) is 12.9. The van der Waals surface area contributed by atoms with Crippen LogP contribution in [0.25, 0.3) is 0 Å². The van der Waals surface area contributed by atoms with Gasteiger partial charge < -0.3 is 34.8 Å². The standard InChI is InChI=1S/C12H21NO10S2/c1-2-3-6(15)4-8(13-23-25(19,20)21)24-12-11(18)10(17)9(16)7(5-14)22-12/h2,6-7,9-12,14-18H,1,3-5H2,(H,19,20,21)/p-1/b13-8-/t6?,7-,9-,10+,11-,12+/m1/s1. The molecule has 25 heavy (non-hydrogen) atoms. The van der Waals surface area contributed by atoms with Crippen molar-refractivity contribution in [3.8, 4) is 0 Å². The molecular weight excluding hydrogens is 382 g/mol. The van der Waals surface area contributed by atoms with E-state index in [0.717, 1.165) is 0 Å². The van der Waals surface area contributed by atoms with Crippen LogP contribution in [0.3, 0.4) is 0 Å². The van der Waals surface area contributed by atoms with E-state index in [2.05, 4.69) is 16.0 Å². The van der Waals surface area contributed by atoms with Gasteiger partial charge in [0.15, 0.2) is 0 Å². The van der Waals surface area contributed by atoms with Gasteiger partial charge in [-0.3, -0.25) is 4.28 Å². The number of aliphatic hydroxyl groups excluding tert-OH is 5. The van der Waals surface area contributed by atoms with Gasteiger partial charge in [0.05, 0.1) is 12.7 Å². The number of thioether (sulfide) groups is 1. The largest absolute Gasteiger partial charge is 0.714 e. The molecule has 0 aromatic rings. The highest BCUT2D eigenvalue weighted by Crippen LogP contribution is 2.30. The third-order valence-corrected chi connectivity index (χ3v) is 4.57. The van der Waals surface area contributed by atoms with Crippen LogP contribution in [0.4, 0.5) is 0 Å². The summed E-state index contributed by atoms with van der Waals surface area (Å²) < 4.78 is 40.6. The number of hydrogen-bond donors (Lipinski definition) is 5. The fourth-order valence-corrected chi connectivity index (χ4v) is 3.33. The van der Waals surface area contributed by atoms with Crippen molar-refractivity contribution in [3.63, 3.8) is 0 Å². The average Bonchev–Trinajstić information content (AvgIpc) is 2.52. The van der Waals surface area contributed by atoms with E-state index in [1.54, 1.807) is 0 Å². The number of nitrogens with zero attached hydrogens (tertiary/aromatic N) is 1. The number of hydrogen-bond acceptors (Lipinski definition) is 12. The molecule has 0 bridgehead atoms. The van der Waals surface area contributed by atoms with E-state index in [-0.39, 0.29) is 17.9 Å². The summed E-state index contributed by atoms with van der Waals surface area (Å²) in [7, 11) is -5.14. The molecule has 1 saturated heterocycles. The normalized spacial score (nSPS) is 32.2. The molecule has 1 fully saturated rings. The lowest BCUT2D eigenvalue weighted by molar-refractivity contribution is -0.205. The molecule has 1 aliphatic rings. The molecule has 0 aromatic heterocycles. The van der Waals surface area contributed by atoms with E-state index >= 15 is 0 Å². The number of ether oxygens (including phenoxy) is 1. The molecule has 0 spiro atoms. The van der Waals surface area contributed by atoms with Gasteiger partial charge in [-0.25, -0.2) is 0 Å². The van der Waals surface area contributed by atoms with Crippen LogP contribution in [-0.4, -0.2) is 86.1 Å². The van der Waals surface area contributed by atoms with Crippen molar-refractivity contribution in [2.24, 2.45) is 5.16 Å². The van der Waals surface area contributed by atoms with Crippen molar-refractivity contribution < 1.29 is 47.5 Å².